The molecule has 6 rings (SSSR count). The maximum atomic E-state index is 11.9. The molecule has 8 nitrogen and oxygen atoms in total. The van der Waals surface area contributed by atoms with E-state index in [1.54, 1.807) is 6.07 Å². The predicted molar refractivity (Wildman–Crippen MR) is 117 cm³/mol. The van der Waals surface area contributed by atoms with Crippen LogP contribution in [-0.2, 0) is 6.61 Å². The number of H-pyrrole nitrogens is 1. The van der Waals surface area contributed by atoms with Crippen LogP contribution in [0.15, 0.2) is 36.4 Å². The SMILES string of the molecule is COc1cc(-c2n[nH]c3c2N2CCC3CC2)cc([N+](=O)[O-])c1OCc1ccc(C)cc1. The van der Waals surface area contributed by atoms with Crippen molar-refractivity contribution in [2.75, 3.05) is 25.1 Å². The summed E-state index contributed by atoms with van der Waals surface area (Å²) in [4.78, 5) is 13.8. The summed E-state index contributed by atoms with van der Waals surface area (Å²) in [5.74, 6) is 0.933. The lowest BCUT2D eigenvalue weighted by atomic mass is 9.86. The summed E-state index contributed by atoms with van der Waals surface area (Å²) < 4.78 is 11.4. The Bertz CT molecular complexity index is 1130. The lowest BCUT2D eigenvalue weighted by molar-refractivity contribution is -0.386. The first-order chi connectivity index (χ1) is 15.0. The number of nitro benzene ring substituents is 1. The Hall–Kier alpha value is -3.55. The van der Waals surface area contributed by atoms with Crippen LogP contribution in [0.5, 0.6) is 11.5 Å². The quantitative estimate of drug-likeness (QED) is 0.463. The number of benzene rings is 2. The molecule has 0 spiro atoms. The third-order valence-electron chi connectivity index (χ3n) is 6.22. The van der Waals surface area contributed by atoms with Gasteiger partial charge < -0.3 is 14.4 Å². The van der Waals surface area contributed by atoms with Crippen LogP contribution in [0.25, 0.3) is 11.3 Å². The summed E-state index contributed by atoms with van der Waals surface area (Å²) in [5, 5.41) is 19.6. The predicted octanol–water partition coefficient (Wildman–Crippen LogP) is 4.58. The molecule has 3 aliphatic rings. The lowest BCUT2D eigenvalue weighted by Gasteiger charge is -2.40. The van der Waals surface area contributed by atoms with Gasteiger partial charge in [0.2, 0.25) is 5.75 Å². The van der Waals surface area contributed by atoms with E-state index < -0.39 is 4.92 Å². The highest BCUT2D eigenvalue weighted by Crippen LogP contribution is 2.48. The zero-order valence-corrected chi connectivity index (χ0v) is 17.6. The van der Waals surface area contributed by atoms with Crippen molar-refractivity contribution in [1.82, 2.24) is 10.2 Å². The van der Waals surface area contributed by atoms with Crippen molar-refractivity contribution < 1.29 is 14.4 Å². The van der Waals surface area contributed by atoms with Crippen LogP contribution in [0.4, 0.5) is 11.4 Å². The fourth-order valence-electron chi connectivity index (χ4n) is 4.54. The van der Waals surface area contributed by atoms with E-state index in [0.29, 0.717) is 17.2 Å². The van der Waals surface area contributed by atoms with Crippen LogP contribution in [0, 0.1) is 17.0 Å². The molecule has 1 fully saturated rings. The third-order valence-corrected chi connectivity index (χ3v) is 6.22. The van der Waals surface area contributed by atoms with Gasteiger partial charge in [-0.3, -0.25) is 15.2 Å². The topological polar surface area (TPSA) is 93.5 Å². The first-order valence-corrected chi connectivity index (χ1v) is 10.4. The zero-order valence-electron chi connectivity index (χ0n) is 17.6. The van der Waals surface area contributed by atoms with Crippen LogP contribution < -0.4 is 14.4 Å². The van der Waals surface area contributed by atoms with Gasteiger partial charge in [-0.05, 0) is 31.4 Å². The molecular formula is C23H24N4O4. The maximum Gasteiger partial charge on any atom is 0.315 e. The molecular weight excluding hydrogens is 396 g/mol. The van der Waals surface area contributed by atoms with Crippen molar-refractivity contribution >= 4 is 11.4 Å². The summed E-state index contributed by atoms with van der Waals surface area (Å²) in [7, 11) is 1.49. The van der Waals surface area contributed by atoms with E-state index in [1.165, 1.54) is 13.2 Å². The largest absolute Gasteiger partial charge is 0.493 e. The molecule has 1 N–H and O–H groups in total. The number of nitrogens with one attached hydrogen (secondary N) is 1. The highest BCUT2D eigenvalue weighted by atomic mass is 16.6. The summed E-state index contributed by atoms with van der Waals surface area (Å²) in [5.41, 5.74) is 5.51. The standard InChI is InChI=1S/C23H24N4O4/c1-14-3-5-15(6-4-14)13-31-23-18(27(28)29)11-17(12-19(23)30-2)21-22-20(24-25-21)16-7-9-26(22)10-8-16/h3-6,11-12,16H,7-10,13H2,1-2H3,(H,24,25). The molecule has 8 heteroatoms. The fraction of sp³-hybridized carbons (Fsp3) is 0.348. The minimum Gasteiger partial charge on any atom is -0.493 e. The van der Waals surface area contributed by atoms with E-state index in [9.17, 15) is 10.1 Å². The molecule has 0 amide bonds. The number of aromatic amines is 1. The van der Waals surface area contributed by atoms with Gasteiger partial charge >= 0.3 is 5.69 Å². The van der Waals surface area contributed by atoms with E-state index in [0.717, 1.165) is 54.1 Å². The number of aryl methyl sites for hydroxylation is 1. The van der Waals surface area contributed by atoms with Crippen molar-refractivity contribution in [2.24, 2.45) is 0 Å². The number of aromatic nitrogens is 2. The van der Waals surface area contributed by atoms with Crippen molar-refractivity contribution in [3.05, 3.63) is 63.3 Å². The molecule has 160 valence electrons. The number of piperidine rings is 1. The zero-order chi connectivity index (χ0) is 21.5. The summed E-state index contributed by atoms with van der Waals surface area (Å²) in [6.07, 6.45) is 2.23. The van der Waals surface area contributed by atoms with Crippen LogP contribution >= 0.6 is 0 Å². The van der Waals surface area contributed by atoms with Crippen LogP contribution in [0.2, 0.25) is 0 Å². The molecule has 31 heavy (non-hydrogen) atoms. The van der Waals surface area contributed by atoms with Crippen molar-refractivity contribution in [1.29, 1.82) is 0 Å². The van der Waals surface area contributed by atoms with Gasteiger partial charge in [0.1, 0.15) is 12.3 Å². The van der Waals surface area contributed by atoms with E-state index in [2.05, 4.69) is 15.1 Å². The molecule has 1 saturated heterocycles. The van der Waals surface area contributed by atoms with Crippen molar-refractivity contribution in [3.8, 4) is 22.8 Å². The highest BCUT2D eigenvalue weighted by Gasteiger charge is 2.36. The smallest absolute Gasteiger partial charge is 0.315 e. The first kappa shape index (κ1) is 19.4. The van der Waals surface area contributed by atoms with Crippen LogP contribution in [-0.4, -0.2) is 35.3 Å². The maximum absolute atomic E-state index is 11.9. The number of hydrogen-bond donors (Lipinski definition) is 1. The second-order valence-electron chi connectivity index (χ2n) is 8.15. The van der Waals surface area contributed by atoms with Gasteiger partial charge in [0.05, 0.1) is 23.4 Å². The monoisotopic (exact) mass is 420 g/mol. The van der Waals surface area contributed by atoms with E-state index in [4.69, 9.17) is 9.47 Å². The Labute approximate surface area is 179 Å². The number of nitro groups is 1. The molecule has 0 atom stereocenters. The van der Waals surface area contributed by atoms with Gasteiger partial charge in [-0.2, -0.15) is 5.10 Å². The molecule has 2 aromatic carbocycles. The van der Waals surface area contributed by atoms with Gasteiger partial charge in [0, 0.05) is 30.6 Å². The van der Waals surface area contributed by atoms with Gasteiger partial charge in [0.25, 0.3) is 0 Å². The average molecular weight is 420 g/mol. The first-order valence-electron chi connectivity index (χ1n) is 10.4. The van der Waals surface area contributed by atoms with Crippen LogP contribution in [0.1, 0.15) is 35.6 Å². The Morgan fingerprint density at radius 3 is 2.65 bits per heavy atom. The molecule has 2 bridgehead atoms. The Morgan fingerprint density at radius 2 is 1.97 bits per heavy atom. The lowest BCUT2D eigenvalue weighted by Crippen LogP contribution is -2.38. The molecule has 3 aliphatic heterocycles. The minimum absolute atomic E-state index is 0.128. The Balaban J connectivity index is 1.53. The van der Waals surface area contributed by atoms with Gasteiger partial charge in [0.15, 0.2) is 5.75 Å². The second-order valence-corrected chi connectivity index (χ2v) is 8.15. The normalized spacial score (nSPS) is 15.1. The van der Waals surface area contributed by atoms with E-state index in [-0.39, 0.29) is 18.0 Å². The van der Waals surface area contributed by atoms with Gasteiger partial charge in [-0.1, -0.05) is 29.8 Å². The fourth-order valence-corrected chi connectivity index (χ4v) is 4.54. The second kappa shape index (κ2) is 7.61. The number of ether oxygens (including phenoxy) is 2. The number of rotatable bonds is 6. The number of anilines is 1. The van der Waals surface area contributed by atoms with E-state index in [1.807, 2.05) is 31.2 Å². The number of fused-ring (bicyclic) bond motifs is 2. The average Bonchev–Trinajstić information content (AvgIpc) is 3.26. The van der Waals surface area contributed by atoms with Gasteiger partial charge in [-0.25, -0.2) is 0 Å². The number of hydrogen-bond acceptors (Lipinski definition) is 6. The van der Waals surface area contributed by atoms with Gasteiger partial charge in [-0.15, -0.1) is 0 Å². The Morgan fingerprint density at radius 1 is 1.23 bits per heavy atom. The molecule has 3 aromatic rings. The van der Waals surface area contributed by atoms with E-state index >= 15 is 0 Å². The number of nitrogens with zero attached hydrogens (tertiary/aromatic N) is 3. The molecule has 1 aromatic heterocycles. The van der Waals surface area contributed by atoms with Crippen molar-refractivity contribution in [2.45, 2.75) is 32.3 Å². The van der Waals surface area contributed by atoms with Crippen LogP contribution in [0.3, 0.4) is 0 Å². The summed E-state index contributed by atoms with van der Waals surface area (Å²) in [6.45, 7) is 4.19. The minimum atomic E-state index is -0.429. The molecule has 0 saturated carbocycles. The third kappa shape index (κ3) is 3.37. The highest BCUT2D eigenvalue weighted by molar-refractivity contribution is 5.82. The molecule has 0 unspecified atom stereocenters. The summed E-state index contributed by atoms with van der Waals surface area (Å²) >= 11 is 0. The Kier molecular flexibility index (Phi) is 4.77. The number of methoxy groups -OCH3 is 1. The van der Waals surface area contributed by atoms with Crippen molar-refractivity contribution in [3.63, 3.8) is 0 Å². The molecule has 4 heterocycles. The molecule has 0 radical (unpaired) electrons. The summed E-state index contributed by atoms with van der Waals surface area (Å²) in [6, 6.07) is 11.2. The molecule has 0 aliphatic carbocycles.